The number of fused-ring (bicyclic) bond motifs is 2. The molecule has 0 radical (unpaired) electrons. The van der Waals surface area contributed by atoms with Crippen LogP contribution in [0.4, 0.5) is 0 Å². The van der Waals surface area contributed by atoms with Gasteiger partial charge in [-0.05, 0) is 49.9 Å². The van der Waals surface area contributed by atoms with Crippen LogP contribution < -0.4 is 9.47 Å². The molecule has 8 heteroatoms. The Balaban J connectivity index is 1.46. The maximum Gasteiger partial charge on any atom is 0.238 e. The summed E-state index contributed by atoms with van der Waals surface area (Å²) < 4.78 is 18.1. The SMILES string of the molecule is COc1cccn2nc(-c3cc4ccnc(OCCn5ccnc5)c4n3CC3CC3)c(C)c12. The lowest BCUT2D eigenvalue weighted by atomic mass is 10.1. The summed E-state index contributed by atoms with van der Waals surface area (Å²) in [6, 6.07) is 8.20. The predicted octanol–water partition coefficient (Wildman–Crippen LogP) is 4.35. The lowest BCUT2D eigenvalue weighted by Crippen LogP contribution is -2.09. The quantitative estimate of drug-likeness (QED) is 0.357. The highest BCUT2D eigenvalue weighted by Crippen LogP contribution is 2.39. The zero-order valence-electron chi connectivity index (χ0n) is 18.8. The van der Waals surface area contributed by atoms with Crippen LogP contribution in [-0.4, -0.2) is 42.4 Å². The van der Waals surface area contributed by atoms with Gasteiger partial charge in [0.05, 0.1) is 25.7 Å². The number of hydrogen-bond donors (Lipinski definition) is 0. The molecule has 168 valence electrons. The van der Waals surface area contributed by atoms with E-state index in [-0.39, 0.29) is 0 Å². The molecule has 1 saturated carbocycles. The van der Waals surface area contributed by atoms with Crippen molar-refractivity contribution in [2.75, 3.05) is 13.7 Å². The summed E-state index contributed by atoms with van der Waals surface area (Å²) in [5, 5.41) is 6.06. The Morgan fingerprint density at radius 1 is 1.12 bits per heavy atom. The van der Waals surface area contributed by atoms with E-state index in [4.69, 9.17) is 14.6 Å². The molecule has 1 aliphatic carbocycles. The number of nitrogens with zero attached hydrogens (tertiary/aromatic N) is 6. The molecule has 5 aromatic rings. The zero-order chi connectivity index (χ0) is 22.4. The molecule has 8 nitrogen and oxygen atoms in total. The van der Waals surface area contributed by atoms with Gasteiger partial charge in [-0.3, -0.25) is 0 Å². The van der Waals surface area contributed by atoms with E-state index in [1.54, 1.807) is 19.6 Å². The van der Waals surface area contributed by atoms with Gasteiger partial charge in [-0.25, -0.2) is 14.5 Å². The first-order valence-electron chi connectivity index (χ1n) is 11.3. The fourth-order valence-corrected chi connectivity index (χ4v) is 4.52. The Hall–Kier alpha value is -3.81. The van der Waals surface area contributed by atoms with Crippen molar-refractivity contribution in [1.82, 2.24) is 28.7 Å². The summed E-state index contributed by atoms with van der Waals surface area (Å²) in [4.78, 5) is 8.70. The minimum atomic E-state index is 0.525. The first-order chi connectivity index (χ1) is 16.2. The molecule has 5 aromatic heterocycles. The topological polar surface area (TPSA) is 71.4 Å². The van der Waals surface area contributed by atoms with Gasteiger partial charge in [-0.2, -0.15) is 5.10 Å². The van der Waals surface area contributed by atoms with Crippen LogP contribution in [0.2, 0.25) is 0 Å². The number of aromatic nitrogens is 6. The molecular formula is C25H26N6O2. The van der Waals surface area contributed by atoms with Crippen LogP contribution in [0.3, 0.4) is 0 Å². The number of pyridine rings is 2. The number of hydrogen-bond acceptors (Lipinski definition) is 5. The van der Waals surface area contributed by atoms with E-state index in [9.17, 15) is 0 Å². The van der Waals surface area contributed by atoms with Crippen molar-refractivity contribution in [3.8, 4) is 23.0 Å². The zero-order valence-corrected chi connectivity index (χ0v) is 18.8. The van der Waals surface area contributed by atoms with E-state index in [1.165, 1.54) is 12.8 Å². The van der Waals surface area contributed by atoms with Gasteiger partial charge in [0, 0.05) is 42.3 Å². The monoisotopic (exact) mass is 442 g/mol. The standard InChI is InChI=1S/C25H26N6O2/c1-17-22(28-31-10-3-4-21(32-2)23(17)31)20-14-19-7-8-27-25(24(19)30(20)15-18-5-6-18)33-13-12-29-11-9-26-16-29/h3-4,7-11,14,16,18H,5-6,12-13,15H2,1-2H3. The summed E-state index contributed by atoms with van der Waals surface area (Å²) in [5.41, 5.74) is 5.18. The van der Waals surface area contributed by atoms with E-state index < -0.39 is 0 Å². The molecule has 1 fully saturated rings. The number of imidazole rings is 1. The van der Waals surface area contributed by atoms with Crippen molar-refractivity contribution in [3.63, 3.8) is 0 Å². The van der Waals surface area contributed by atoms with Crippen molar-refractivity contribution in [2.24, 2.45) is 5.92 Å². The normalized spacial score (nSPS) is 13.8. The van der Waals surface area contributed by atoms with Crippen LogP contribution >= 0.6 is 0 Å². The van der Waals surface area contributed by atoms with Gasteiger partial charge < -0.3 is 18.6 Å². The Labute approximate surface area is 191 Å². The van der Waals surface area contributed by atoms with Crippen molar-refractivity contribution >= 4 is 16.4 Å². The minimum Gasteiger partial charge on any atom is -0.494 e. The first kappa shape index (κ1) is 19.8. The molecule has 5 heterocycles. The largest absolute Gasteiger partial charge is 0.494 e. The molecule has 0 unspecified atom stereocenters. The fraction of sp³-hybridized carbons (Fsp3) is 0.320. The smallest absolute Gasteiger partial charge is 0.238 e. The highest BCUT2D eigenvalue weighted by atomic mass is 16.5. The number of aryl methyl sites for hydroxylation is 1. The van der Waals surface area contributed by atoms with Crippen molar-refractivity contribution in [3.05, 3.63) is 60.9 Å². The number of rotatable bonds is 8. The fourth-order valence-electron chi connectivity index (χ4n) is 4.52. The summed E-state index contributed by atoms with van der Waals surface area (Å²) in [6.45, 7) is 4.30. The van der Waals surface area contributed by atoms with Crippen LogP contribution in [-0.2, 0) is 13.1 Å². The van der Waals surface area contributed by atoms with Crippen molar-refractivity contribution in [2.45, 2.75) is 32.9 Å². The van der Waals surface area contributed by atoms with Gasteiger partial charge in [-0.1, -0.05) is 0 Å². The van der Waals surface area contributed by atoms with Crippen molar-refractivity contribution < 1.29 is 9.47 Å². The lowest BCUT2D eigenvalue weighted by Gasteiger charge is -2.13. The summed E-state index contributed by atoms with van der Waals surface area (Å²) in [5.74, 6) is 2.17. The predicted molar refractivity (Wildman–Crippen MR) is 126 cm³/mol. The molecule has 0 N–H and O–H groups in total. The summed E-state index contributed by atoms with van der Waals surface area (Å²) in [6.07, 6.45) is 11.8. The Morgan fingerprint density at radius 2 is 2.03 bits per heavy atom. The molecule has 0 atom stereocenters. The Bertz CT molecular complexity index is 1430. The second kappa shape index (κ2) is 7.95. The average molecular weight is 443 g/mol. The van der Waals surface area contributed by atoms with Gasteiger partial charge in [0.15, 0.2) is 0 Å². The van der Waals surface area contributed by atoms with Crippen LogP contribution in [0.25, 0.3) is 27.8 Å². The van der Waals surface area contributed by atoms with Crippen LogP contribution in [0.5, 0.6) is 11.6 Å². The third kappa shape index (κ3) is 3.51. The van der Waals surface area contributed by atoms with E-state index in [0.717, 1.165) is 52.2 Å². The van der Waals surface area contributed by atoms with Gasteiger partial charge in [0.2, 0.25) is 5.88 Å². The summed E-state index contributed by atoms with van der Waals surface area (Å²) in [7, 11) is 1.70. The number of ether oxygens (including phenoxy) is 2. The average Bonchev–Trinajstić information content (AvgIpc) is 3.20. The van der Waals surface area contributed by atoms with Gasteiger partial charge in [-0.15, -0.1) is 0 Å². The maximum atomic E-state index is 6.18. The van der Waals surface area contributed by atoms with Gasteiger partial charge in [0.1, 0.15) is 29.1 Å². The molecule has 0 spiro atoms. The molecule has 1 aliphatic rings. The lowest BCUT2D eigenvalue weighted by molar-refractivity contribution is 0.289. The van der Waals surface area contributed by atoms with Gasteiger partial charge in [0.25, 0.3) is 0 Å². The third-order valence-electron chi connectivity index (χ3n) is 6.38. The van der Waals surface area contributed by atoms with E-state index in [2.05, 4.69) is 33.6 Å². The molecule has 0 aromatic carbocycles. The molecule has 0 saturated heterocycles. The molecule has 0 aliphatic heterocycles. The highest BCUT2D eigenvalue weighted by Gasteiger charge is 2.27. The Kier molecular flexibility index (Phi) is 4.78. The Morgan fingerprint density at radius 3 is 2.82 bits per heavy atom. The van der Waals surface area contributed by atoms with Crippen molar-refractivity contribution in [1.29, 1.82) is 0 Å². The van der Waals surface area contributed by atoms with Gasteiger partial charge >= 0.3 is 0 Å². The summed E-state index contributed by atoms with van der Waals surface area (Å²) >= 11 is 0. The third-order valence-corrected chi connectivity index (χ3v) is 6.38. The highest BCUT2D eigenvalue weighted by molar-refractivity contribution is 5.91. The number of methoxy groups -OCH3 is 1. The molecule has 0 bridgehead atoms. The molecule has 0 amide bonds. The van der Waals surface area contributed by atoms with Crippen LogP contribution in [0.15, 0.2) is 55.4 Å². The van der Waals surface area contributed by atoms with Crippen LogP contribution in [0, 0.1) is 12.8 Å². The van der Waals surface area contributed by atoms with Crippen LogP contribution in [0.1, 0.15) is 18.4 Å². The molecule has 6 rings (SSSR count). The van der Waals surface area contributed by atoms with E-state index in [0.29, 0.717) is 18.4 Å². The minimum absolute atomic E-state index is 0.525. The van der Waals surface area contributed by atoms with E-state index in [1.807, 2.05) is 39.8 Å². The maximum absolute atomic E-state index is 6.18. The molecular weight excluding hydrogens is 416 g/mol. The van der Waals surface area contributed by atoms with E-state index >= 15 is 0 Å². The molecule has 33 heavy (non-hydrogen) atoms. The second-order valence-electron chi connectivity index (χ2n) is 8.63. The first-order valence-corrected chi connectivity index (χ1v) is 11.3. The second-order valence-corrected chi connectivity index (χ2v) is 8.63.